The SMILES string of the molecule is CC1(C)c2cc(-c3nnc(-c4cccc(-c5cccc(-c6ccccn6)n5)n4)s3)ccc2-c2ccc(-c3nnc(-c4cccc(-c5cccc(-c6ccccn6)n5)n4)s3)cc21. The Hall–Kier alpha value is -7.54. The molecule has 10 nitrogen and oxygen atoms in total. The van der Waals surface area contributed by atoms with Gasteiger partial charge in [0.2, 0.25) is 0 Å². The monoisotopic (exact) mass is 824 g/mol. The van der Waals surface area contributed by atoms with E-state index in [1.165, 1.54) is 44.9 Å². The first-order valence-corrected chi connectivity index (χ1v) is 21.3. The third kappa shape index (κ3) is 6.77. The normalized spacial score (nSPS) is 12.6. The first kappa shape index (κ1) is 36.5. The number of benzene rings is 2. The summed E-state index contributed by atoms with van der Waals surface area (Å²) in [5.74, 6) is 0. The van der Waals surface area contributed by atoms with Crippen LogP contribution in [-0.2, 0) is 5.41 Å². The minimum absolute atomic E-state index is 0.267. The van der Waals surface area contributed by atoms with Crippen molar-refractivity contribution < 1.29 is 0 Å². The van der Waals surface area contributed by atoms with Crippen molar-refractivity contribution in [3.63, 3.8) is 0 Å². The van der Waals surface area contributed by atoms with Gasteiger partial charge >= 0.3 is 0 Å². The lowest BCUT2D eigenvalue weighted by molar-refractivity contribution is 0.661. The third-order valence-electron chi connectivity index (χ3n) is 10.8. The second kappa shape index (κ2) is 14.9. The lowest BCUT2D eigenvalue weighted by Gasteiger charge is -2.22. The van der Waals surface area contributed by atoms with Crippen LogP contribution in [-0.4, -0.2) is 50.3 Å². The molecule has 0 bridgehead atoms. The van der Waals surface area contributed by atoms with Gasteiger partial charge in [-0.25, -0.2) is 19.9 Å². The lowest BCUT2D eigenvalue weighted by Crippen LogP contribution is -2.15. The number of fused-ring (bicyclic) bond motifs is 3. The number of nitrogens with zero attached hydrogens (tertiary/aromatic N) is 10. The van der Waals surface area contributed by atoms with Crippen LogP contribution in [0.5, 0.6) is 0 Å². The van der Waals surface area contributed by atoms with Gasteiger partial charge in [-0.2, -0.15) is 0 Å². The van der Waals surface area contributed by atoms with Crippen LogP contribution >= 0.6 is 22.7 Å². The van der Waals surface area contributed by atoms with Crippen molar-refractivity contribution in [1.82, 2.24) is 50.3 Å². The van der Waals surface area contributed by atoms with Crippen molar-refractivity contribution >= 4 is 22.7 Å². The van der Waals surface area contributed by atoms with Crippen LogP contribution < -0.4 is 0 Å². The fourth-order valence-corrected chi connectivity index (χ4v) is 9.37. The van der Waals surface area contributed by atoms with Gasteiger partial charge in [0.15, 0.2) is 10.0 Å². The molecule has 0 amide bonds. The maximum Gasteiger partial charge on any atom is 0.166 e. The Morgan fingerprint density at radius 3 is 1.08 bits per heavy atom. The predicted molar refractivity (Wildman–Crippen MR) is 241 cm³/mol. The Morgan fingerprint density at radius 1 is 0.344 bits per heavy atom. The van der Waals surface area contributed by atoms with Gasteiger partial charge in [-0.3, -0.25) is 9.97 Å². The molecular weight excluding hydrogens is 793 g/mol. The van der Waals surface area contributed by atoms with Crippen LogP contribution in [0.3, 0.4) is 0 Å². The molecule has 12 heteroatoms. The highest BCUT2D eigenvalue weighted by Gasteiger charge is 2.36. The van der Waals surface area contributed by atoms with Crippen LogP contribution in [0.25, 0.3) is 99.2 Å². The van der Waals surface area contributed by atoms with Crippen molar-refractivity contribution in [2.75, 3.05) is 0 Å². The van der Waals surface area contributed by atoms with Gasteiger partial charge in [0.05, 0.1) is 45.6 Å². The summed E-state index contributed by atoms with van der Waals surface area (Å²) < 4.78 is 0. The Bertz CT molecular complexity index is 3040. The molecule has 8 aromatic heterocycles. The second-order valence-corrected chi connectivity index (χ2v) is 17.0. The fourth-order valence-electron chi connectivity index (χ4n) is 7.75. The molecule has 0 spiro atoms. The second-order valence-electron chi connectivity index (χ2n) is 15.0. The highest BCUT2D eigenvalue weighted by atomic mass is 32.1. The van der Waals surface area contributed by atoms with Crippen molar-refractivity contribution in [1.29, 1.82) is 0 Å². The standard InChI is InChI=1S/C49H32N10S2/c1-49(2)33-27-29(45-56-58-47(60-45)43-19-9-17-41(54-43)39-15-7-13-37(52-39)35-11-3-5-25-50-35)21-23-31(33)32-24-22-30(28-34(32)49)46-57-59-48(61-46)44-20-10-18-42(55-44)40-16-8-14-38(53-40)36-12-4-6-26-51-36/h3-28H,1-2H3. The minimum Gasteiger partial charge on any atom is -0.255 e. The topological polar surface area (TPSA) is 129 Å². The van der Waals surface area contributed by atoms with Gasteiger partial charge in [0.25, 0.3) is 0 Å². The van der Waals surface area contributed by atoms with Crippen molar-refractivity contribution in [3.05, 3.63) is 169 Å². The van der Waals surface area contributed by atoms with Crippen molar-refractivity contribution in [2.45, 2.75) is 19.3 Å². The number of pyridine rings is 6. The van der Waals surface area contributed by atoms with E-state index in [9.17, 15) is 0 Å². The summed E-state index contributed by atoms with van der Waals surface area (Å²) >= 11 is 3.06. The molecule has 290 valence electrons. The molecule has 0 unspecified atom stereocenters. The molecule has 0 radical (unpaired) electrons. The first-order valence-electron chi connectivity index (χ1n) is 19.6. The molecule has 2 aromatic carbocycles. The molecule has 0 atom stereocenters. The van der Waals surface area contributed by atoms with E-state index in [0.29, 0.717) is 0 Å². The van der Waals surface area contributed by atoms with E-state index in [4.69, 9.17) is 19.9 Å². The fraction of sp³-hybridized carbons (Fsp3) is 0.0612. The average Bonchev–Trinajstić information content (AvgIpc) is 4.08. The smallest absolute Gasteiger partial charge is 0.166 e. The van der Waals surface area contributed by atoms with Gasteiger partial charge in [-0.1, -0.05) is 97.2 Å². The summed E-state index contributed by atoms with van der Waals surface area (Å²) in [4.78, 5) is 28.5. The molecule has 61 heavy (non-hydrogen) atoms. The first-order chi connectivity index (χ1) is 29.9. The van der Waals surface area contributed by atoms with Crippen LogP contribution in [0.2, 0.25) is 0 Å². The minimum atomic E-state index is -0.267. The van der Waals surface area contributed by atoms with Gasteiger partial charge in [0, 0.05) is 28.9 Å². The maximum atomic E-state index is 4.95. The molecule has 0 saturated carbocycles. The molecule has 0 aliphatic heterocycles. The summed E-state index contributed by atoms with van der Waals surface area (Å²) in [6.45, 7) is 4.56. The number of hydrogen-bond donors (Lipinski definition) is 0. The number of aromatic nitrogens is 10. The summed E-state index contributed by atoms with van der Waals surface area (Å²) in [5.41, 5.74) is 14.5. The van der Waals surface area contributed by atoms with E-state index < -0.39 is 0 Å². The van der Waals surface area contributed by atoms with Gasteiger partial charge < -0.3 is 0 Å². The molecule has 1 aliphatic rings. The highest BCUT2D eigenvalue weighted by Crippen LogP contribution is 2.51. The zero-order valence-electron chi connectivity index (χ0n) is 32.8. The molecular formula is C49H32N10S2. The van der Waals surface area contributed by atoms with Gasteiger partial charge in [-0.05, 0) is 107 Å². The summed E-state index contributed by atoms with van der Waals surface area (Å²) in [6, 6.07) is 48.5. The quantitative estimate of drug-likeness (QED) is 0.146. The van der Waals surface area contributed by atoms with E-state index in [-0.39, 0.29) is 5.41 Å². The molecule has 1 aliphatic carbocycles. The third-order valence-corrected chi connectivity index (χ3v) is 12.8. The predicted octanol–water partition coefficient (Wildman–Crippen LogP) is 11.4. The van der Waals surface area contributed by atoms with E-state index in [0.717, 1.165) is 88.1 Å². The number of rotatable bonds is 8. The average molecular weight is 825 g/mol. The van der Waals surface area contributed by atoms with Gasteiger partial charge in [0.1, 0.15) is 21.4 Å². The molecule has 11 rings (SSSR count). The Labute approximate surface area is 358 Å². The van der Waals surface area contributed by atoms with E-state index >= 15 is 0 Å². The van der Waals surface area contributed by atoms with Crippen LogP contribution in [0.4, 0.5) is 0 Å². The molecule has 10 aromatic rings. The largest absolute Gasteiger partial charge is 0.255 e. The molecule has 0 fully saturated rings. The van der Waals surface area contributed by atoms with E-state index in [1.54, 1.807) is 12.4 Å². The van der Waals surface area contributed by atoms with Crippen LogP contribution in [0.1, 0.15) is 25.0 Å². The van der Waals surface area contributed by atoms with Crippen LogP contribution in [0.15, 0.2) is 158 Å². The van der Waals surface area contributed by atoms with Crippen molar-refractivity contribution in [3.8, 4) is 99.2 Å². The summed E-state index contributed by atoms with van der Waals surface area (Å²) in [5, 5.41) is 21.6. The van der Waals surface area contributed by atoms with E-state index in [1.807, 2.05) is 109 Å². The lowest BCUT2D eigenvalue weighted by atomic mass is 9.81. The Balaban J connectivity index is 0.841. The highest BCUT2D eigenvalue weighted by molar-refractivity contribution is 7.18. The molecule has 0 N–H and O–H groups in total. The Morgan fingerprint density at radius 2 is 0.689 bits per heavy atom. The number of hydrogen-bond acceptors (Lipinski definition) is 12. The zero-order valence-corrected chi connectivity index (χ0v) is 34.4. The van der Waals surface area contributed by atoms with E-state index in [2.05, 4.69) is 80.6 Å². The maximum absolute atomic E-state index is 4.95. The Kier molecular flexibility index (Phi) is 8.94. The molecule has 0 saturated heterocycles. The zero-order chi connectivity index (χ0) is 40.9. The van der Waals surface area contributed by atoms with Crippen molar-refractivity contribution in [2.24, 2.45) is 0 Å². The summed E-state index contributed by atoms with van der Waals surface area (Å²) in [7, 11) is 0. The van der Waals surface area contributed by atoms with Crippen LogP contribution in [0, 0.1) is 0 Å². The summed E-state index contributed by atoms with van der Waals surface area (Å²) in [6.07, 6.45) is 3.54. The molecule has 8 heterocycles. The van der Waals surface area contributed by atoms with Gasteiger partial charge in [-0.15, -0.1) is 20.4 Å².